The second kappa shape index (κ2) is 18.7. The maximum atomic E-state index is 12.3. The number of hydroxylamine groups is 1. The molecule has 5 atom stereocenters. The molecule has 1 fully saturated rings. The third-order valence-corrected chi connectivity index (χ3v) is 9.52. The molecule has 0 aliphatic carbocycles. The van der Waals surface area contributed by atoms with Crippen molar-refractivity contribution in [2.75, 3.05) is 13.6 Å². The molecule has 270 valence electrons. The predicted molar refractivity (Wildman–Crippen MR) is 194 cm³/mol. The molecule has 10 nitrogen and oxygen atoms in total. The first-order valence-electron chi connectivity index (χ1n) is 17.6. The van der Waals surface area contributed by atoms with Crippen LogP contribution >= 0.6 is 0 Å². The number of ether oxygens (including phenoxy) is 2. The molecule has 4 aromatic rings. The van der Waals surface area contributed by atoms with Gasteiger partial charge < -0.3 is 25.0 Å². The number of nitrogens with one attached hydrogen (secondary N) is 2. The third kappa shape index (κ3) is 10.8. The van der Waals surface area contributed by atoms with Crippen LogP contribution in [0.5, 0.6) is 0 Å². The first kappa shape index (κ1) is 37.8. The first-order valence-corrected chi connectivity index (χ1v) is 17.6. The Kier molecular flexibility index (Phi) is 13.9. The van der Waals surface area contributed by atoms with Gasteiger partial charge in [-0.25, -0.2) is 5.48 Å². The molecule has 1 saturated heterocycles. The number of nitrogens with zero attached hydrogens (tertiary/aromatic N) is 1. The quantitative estimate of drug-likeness (QED) is 0.0536. The Balaban J connectivity index is 1.24. The van der Waals surface area contributed by atoms with Gasteiger partial charge in [-0.3, -0.25) is 19.7 Å². The van der Waals surface area contributed by atoms with Gasteiger partial charge in [0, 0.05) is 44.0 Å². The van der Waals surface area contributed by atoms with E-state index < -0.39 is 18.3 Å². The molecule has 1 aliphatic rings. The van der Waals surface area contributed by atoms with Crippen molar-refractivity contribution in [1.29, 1.82) is 0 Å². The number of carbonyl (C=O) groups excluding carboxylic acids is 2. The average molecular weight is 696 g/mol. The lowest BCUT2D eigenvalue weighted by Gasteiger charge is -2.39. The fourth-order valence-electron chi connectivity index (χ4n) is 6.30. The number of benzene rings is 4. The second-order valence-electron chi connectivity index (χ2n) is 13.2. The van der Waals surface area contributed by atoms with Crippen molar-refractivity contribution in [1.82, 2.24) is 15.7 Å². The molecule has 0 aromatic heterocycles. The summed E-state index contributed by atoms with van der Waals surface area (Å²) >= 11 is 0. The van der Waals surface area contributed by atoms with Crippen molar-refractivity contribution in [3.63, 3.8) is 0 Å². The lowest BCUT2D eigenvalue weighted by molar-refractivity contribution is -0.253. The van der Waals surface area contributed by atoms with E-state index in [0.717, 1.165) is 38.9 Å². The summed E-state index contributed by atoms with van der Waals surface area (Å²) in [6.07, 6.45) is 0.561. The maximum Gasteiger partial charge on any atom is 0.243 e. The molecule has 1 heterocycles. The van der Waals surface area contributed by atoms with Gasteiger partial charge >= 0.3 is 0 Å². The normalized spacial score (nSPS) is 18.6. The smallest absolute Gasteiger partial charge is 0.243 e. The zero-order valence-electron chi connectivity index (χ0n) is 29.3. The summed E-state index contributed by atoms with van der Waals surface area (Å²) in [6, 6.07) is 33.5. The van der Waals surface area contributed by atoms with Gasteiger partial charge in [-0.1, -0.05) is 97.1 Å². The van der Waals surface area contributed by atoms with Crippen LogP contribution in [0.25, 0.3) is 11.1 Å². The third-order valence-electron chi connectivity index (χ3n) is 9.52. The van der Waals surface area contributed by atoms with E-state index in [-0.39, 0.29) is 37.2 Å². The summed E-state index contributed by atoms with van der Waals surface area (Å²) in [6.45, 7) is 2.99. The molecule has 5 rings (SSSR count). The molecular weight excluding hydrogens is 646 g/mol. The highest BCUT2D eigenvalue weighted by atomic mass is 16.7. The monoisotopic (exact) mass is 695 g/mol. The number of unbranched alkanes of at least 4 members (excludes halogenated alkanes) is 1. The number of hydrogen-bond donors (Lipinski definition) is 5. The Morgan fingerprint density at radius 3 is 2.20 bits per heavy atom. The molecule has 1 aliphatic heterocycles. The van der Waals surface area contributed by atoms with E-state index in [1.54, 1.807) is 5.48 Å². The SMILES string of the molecule is C[C@@H]([C@H](O)c1ccccc1)N(C)C[C@@H]1C[C@H](c2ccc(CO)cc2)O[C@H](c2ccc(-c3cccc(CNC(=O)CCCCC(=O)NO)c3)cc2)O1. The van der Waals surface area contributed by atoms with Gasteiger partial charge in [0.2, 0.25) is 11.8 Å². The molecule has 2 amide bonds. The van der Waals surface area contributed by atoms with E-state index in [4.69, 9.17) is 14.7 Å². The van der Waals surface area contributed by atoms with Gasteiger partial charge in [0.15, 0.2) is 6.29 Å². The highest BCUT2D eigenvalue weighted by Gasteiger charge is 2.34. The molecule has 0 radical (unpaired) electrons. The van der Waals surface area contributed by atoms with E-state index in [0.29, 0.717) is 38.8 Å². The summed E-state index contributed by atoms with van der Waals surface area (Å²) in [5, 5.41) is 32.2. The van der Waals surface area contributed by atoms with E-state index >= 15 is 0 Å². The van der Waals surface area contributed by atoms with Crippen LogP contribution in [-0.2, 0) is 32.2 Å². The highest BCUT2D eigenvalue weighted by Crippen LogP contribution is 2.39. The molecule has 5 N–H and O–H groups in total. The Morgan fingerprint density at radius 2 is 1.51 bits per heavy atom. The number of carbonyl (C=O) groups is 2. The Labute approximate surface area is 300 Å². The van der Waals surface area contributed by atoms with Crippen molar-refractivity contribution in [3.8, 4) is 11.1 Å². The van der Waals surface area contributed by atoms with E-state index in [2.05, 4.69) is 16.3 Å². The Morgan fingerprint density at radius 1 is 0.824 bits per heavy atom. The van der Waals surface area contributed by atoms with Gasteiger partial charge in [0.1, 0.15) is 0 Å². The van der Waals surface area contributed by atoms with Crippen LogP contribution in [0.15, 0.2) is 103 Å². The summed E-state index contributed by atoms with van der Waals surface area (Å²) < 4.78 is 13.2. The second-order valence-corrected chi connectivity index (χ2v) is 13.2. The topological polar surface area (TPSA) is 141 Å². The summed E-state index contributed by atoms with van der Waals surface area (Å²) in [5.41, 5.74) is 8.22. The fourth-order valence-corrected chi connectivity index (χ4v) is 6.30. The van der Waals surface area contributed by atoms with Crippen LogP contribution in [0.4, 0.5) is 0 Å². The number of amides is 2. The lowest BCUT2D eigenvalue weighted by atomic mass is 9.98. The minimum Gasteiger partial charge on any atom is -0.392 e. The number of aliphatic hydroxyl groups is 2. The maximum absolute atomic E-state index is 12.3. The zero-order valence-corrected chi connectivity index (χ0v) is 29.3. The average Bonchev–Trinajstić information content (AvgIpc) is 3.18. The molecule has 51 heavy (non-hydrogen) atoms. The Hall–Kier alpha value is -4.42. The van der Waals surface area contributed by atoms with Gasteiger partial charge in [-0.15, -0.1) is 0 Å². The number of likely N-dealkylation sites (N-methyl/N-ethyl adjacent to an activating group) is 1. The van der Waals surface area contributed by atoms with Crippen LogP contribution in [-0.4, -0.2) is 57.9 Å². The van der Waals surface area contributed by atoms with Crippen molar-refractivity contribution in [2.24, 2.45) is 0 Å². The number of aliphatic hydroxyl groups excluding tert-OH is 2. The fraction of sp³-hybridized carbons (Fsp3) is 0.366. The summed E-state index contributed by atoms with van der Waals surface area (Å²) in [5.74, 6) is -0.539. The molecule has 0 spiro atoms. The van der Waals surface area contributed by atoms with Crippen LogP contribution in [0, 0.1) is 0 Å². The molecule has 4 aromatic carbocycles. The minimum absolute atomic E-state index is 0.0223. The van der Waals surface area contributed by atoms with Crippen molar-refractivity contribution >= 4 is 11.8 Å². The van der Waals surface area contributed by atoms with Crippen LogP contribution in [0.2, 0.25) is 0 Å². The van der Waals surface area contributed by atoms with Gasteiger partial charge in [-0.2, -0.15) is 0 Å². The number of rotatable bonds is 16. The van der Waals surface area contributed by atoms with Crippen LogP contribution in [0.3, 0.4) is 0 Å². The molecule has 0 saturated carbocycles. The summed E-state index contributed by atoms with van der Waals surface area (Å²) in [7, 11) is 2.01. The van der Waals surface area contributed by atoms with E-state index in [1.807, 2.05) is 111 Å². The standard InChI is InChI=1S/C41H49N3O7/c1-28(40(48)33-10-4-3-5-11-33)44(2)26-36-24-37(32-17-15-29(27-45)16-18-32)51-41(50-36)34-21-19-31(20-22-34)35-12-8-9-30(23-35)25-42-38(46)13-6-7-14-39(47)43-49/h3-5,8-12,15-23,28,36-37,40-41,45,48-49H,6-7,13-14,24-27H2,1-2H3,(H,42,46)(H,43,47)/t28-,36-,37+,40-,41+/m0/s1. The molecule has 10 heteroatoms. The zero-order chi connectivity index (χ0) is 36.2. The van der Waals surface area contributed by atoms with Crippen LogP contribution < -0.4 is 10.8 Å². The van der Waals surface area contributed by atoms with E-state index in [9.17, 15) is 19.8 Å². The van der Waals surface area contributed by atoms with Gasteiger partial charge in [0.05, 0.1) is 24.9 Å². The molecule has 0 bridgehead atoms. The lowest BCUT2D eigenvalue weighted by Crippen LogP contribution is -2.43. The van der Waals surface area contributed by atoms with Crippen molar-refractivity contribution in [3.05, 3.63) is 131 Å². The van der Waals surface area contributed by atoms with E-state index in [1.165, 1.54) is 0 Å². The molecule has 0 unspecified atom stereocenters. The number of hydrogen-bond acceptors (Lipinski definition) is 8. The largest absolute Gasteiger partial charge is 0.392 e. The van der Waals surface area contributed by atoms with Crippen molar-refractivity contribution in [2.45, 2.75) is 82.8 Å². The minimum atomic E-state index is -0.644. The Bertz CT molecular complexity index is 1680. The van der Waals surface area contributed by atoms with Gasteiger partial charge in [-0.05, 0) is 66.3 Å². The predicted octanol–water partition coefficient (Wildman–Crippen LogP) is 6.13. The summed E-state index contributed by atoms with van der Waals surface area (Å²) in [4.78, 5) is 25.6. The van der Waals surface area contributed by atoms with Crippen LogP contribution in [0.1, 0.15) is 85.3 Å². The van der Waals surface area contributed by atoms with Gasteiger partial charge in [0.25, 0.3) is 0 Å². The first-order chi connectivity index (χ1) is 24.7. The van der Waals surface area contributed by atoms with Crippen molar-refractivity contribution < 1.29 is 34.5 Å². The highest BCUT2D eigenvalue weighted by molar-refractivity contribution is 5.76. The molecular formula is C41H49N3O7.